The van der Waals surface area contributed by atoms with Crippen LogP contribution >= 0.6 is 0 Å². The Hall–Kier alpha value is -0.660. The van der Waals surface area contributed by atoms with E-state index < -0.39 is 21.6 Å². The molecule has 4 rings (SSSR count). The summed E-state index contributed by atoms with van der Waals surface area (Å²) in [6.07, 6.45) is 8.34. The van der Waals surface area contributed by atoms with Crippen molar-refractivity contribution < 1.29 is 39.3 Å². The Morgan fingerprint density at radius 3 is 2.97 bits per heavy atom. The Kier molecular flexibility index (Phi) is 7.18. The van der Waals surface area contributed by atoms with Gasteiger partial charge in [-0.05, 0) is 0 Å². The van der Waals surface area contributed by atoms with Crippen molar-refractivity contribution in [1.82, 2.24) is 0 Å². The summed E-state index contributed by atoms with van der Waals surface area (Å²) in [6.45, 7) is 4.64. The van der Waals surface area contributed by atoms with Gasteiger partial charge < -0.3 is 0 Å². The molecule has 0 spiro atoms. The predicted molar refractivity (Wildman–Crippen MR) is 108 cm³/mol. The van der Waals surface area contributed by atoms with Gasteiger partial charge in [0.1, 0.15) is 0 Å². The van der Waals surface area contributed by atoms with E-state index >= 15 is 0 Å². The maximum absolute atomic E-state index is 12.4. The van der Waals surface area contributed by atoms with Crippen LogP contribution in [0.1, 0.15) is 63.5 Å². The van der Waals surface area contributed by atoms with Crippen molar-refractivity contribution in [3.05, 3.63) is 29.3 Å². The van der Waals surface area contributed by atoms with Crippen molar-refractivity contribution in [1.29, 1.82) is 0 Å². The van der Waals surface area contributed by atoms with Gasteiger partial charge >= 0.3 is 186 Å². The summed E-state index contributed by atoms with van der Waals surface area (Å²) in [4.78, 5) is 12.4. The molecule has 1 fully saturated rings. The molecule has 29 heavy (non-hydrogen) atoms. The molecule has 1 aromatic rings. The van der Waals surface area contributed by atoms with Gasteiger partial charge in [0.05, 0.1) is 0 Å². The molecular weight excluding hydrogens is 479 g/mol. The van der Waals surface area contributed by atoms with Crippen LogP contribution in [0, 0.1) is 23.7 Å². The number of hydrogen-bond acceptors (Lipinski definition) is 4. The Bertz CT molecular complexity index is 721. The summed E-state index contributed by atoms with van der Waals surface area (Å²) in [5, 5.41) is 10.6. The fourth-order valence-electron chi connectivity index (χ4n) is 5.93. The summed E-state index contributed by atoms with van der Waals surface area (Å²) in [7, 11) is 0. The number of aliphatic hydroxyl groups excluding tert-OH is 1. The zero-order valence-electron chi connectivity index (χ0n) is 17.6. The number of ether oxygens (including phenoxy) is 1. The normalized spacial score (nSPS) is 30.8. The van der Waals surface area contributed by atoms with Crippen LogP contribution in [0.5, 0.6) is 5.75 Å². The first-order chi connectivity index (χ1) is 14.1. The molecule has 5 heteroatoms. The molecule has 3 aliphatic rings. The van der Waals surface area contributed by atoms with Crippen LogP contribution in [-0.2, 0) is 20.7 Å². The number of aliphatic hydroxyl groups is 1. The Balaban J connectivity index is 1.55. The number of benzene rings is 1. The third-order valence-electron chi connectivity index (χ3n) is 7.24. The molecule has 162 valence electrons. The van der Waals surface area contributed by atoms with Gasteiger partial charge in [-0.3, -0.25) is 0 Å². The molecule has 1 N–H and O–H groups in total. The average Bonchev–Trinajstić information content (AvgIpc) is 3.04. The second-order valence-electron chi connectivity index (χ2n) is 9.25. The standard InChI is InChI=1S/C24H34IO4/c1-3-4-5-8-18(26)10-15(2)24-20-11-16-7-6-9-21-19(16)12-17(20)13-22(24)29-25-23(27)14-28-21/h6-7,9,15,17-18,20,22,24,26H,3-5,8,10-14H2,1-2H3/q-1/t15-,17-,18-,20-,22+,24+/m0/s1. The van der Waals surface area contributed by atoms with E-state index in [0.717, 1.165) is 44.3 Å². The van der Waals surface area contributed by atoms with Gasteiger partial charge in [-0.15, -0.1) is 0 Å². The molecule has 0 amide bonds. The van der Waals surface area contributed by atoms with Crippen LogP contribution in [0.2, 0.25) is 0 Å². The van der Waals surface area contributed by atoms with Gasteiger partial charge in [-0.25, -0.2) is 0 Å². The van der Waals surface area contributed by atoms with Gasteiger partial charge in [0.25, 0.3) is 0 Å². The number of carbonyl (C=O) groups is 1. The molecular formula is C24H34IO4-. The number of rotatable bonds is 7. The Morgan fingerprint density at radius 1 is 1.28 bits per heavy atom. The van der Waals surface area contributed by atoms with Crippen molar-refractivity contribution in [2.24, 2.45) is 23.7 Å². The summed E-state index contributed by atoms with van der Waals surface area (Å²) in [5.74, 6) is 2.93. The van der Waals surface area contributed by atoms with Crippen LogP contribution in [-0.4, -0.2) is 27.7 Å². The number of hydrogen-bond donors (Lipinski definition) is 1. The number of fused-ring (bicyclic) bond motifs is 1. The summed E-state index contributed by atoms with van der Waals surface area (Å²) in [5.41, 5.74) is 2.70. The third kappa shape index (κ3) is 4.82. The molecule has 1 aromatic carbocycles. The van der Waals surface area contributed by atoms with E-state index in [4.69, 9.17) is 7.80 Å². The molecule has 0 aromatic heterocycles. The van der Waals surface area contributed by atoms with Gasteiger partial charge in [0.15, 0.2) is 0 Å². The van der Waals surface area contributed by atoms with Crippen molar-refractivity contribution in [3.8, 4) is 5.75 Å². The van der Waals surface area contributed by atoms with Crippen molar-refractivity contribution in [2.45, 2.75) is 77.4 Å². The first kappa shape index (κ1) is 21.6. The molecule has 0 saturated heterocycles. The van der Waals surface area contributed by atoms with Crippen molar-refractivity contribution >= 4 is 3.79 Å². The molecule has 3 bridgehead atoms. The van der Waals surface area contributed by atoms with Gasteiger partial charge in [-0.1, -0.05) is 0 Å². The fraction of sp³-hybridized carbons (Fsp3) is 0.708. The SMILES string of the molecule is CCCCC[C@H](O)C[C@H](C)[C@@H]1[C@H]2Cc3cccc4c3C[C@H]2C[C@H]1O[I-]C(=O)CO4. The van der Waals surface area contributed by atoms with Crippen LogP contribution in [0.4, 0.5) is 0 Å². The molecule has 0 unspecified atom stereocenters. The molecule has 0 radical (unpaired) electrons. The van der Waals surface area contributed by atoms with E-state index in [-0.39, 0.29) is 22.6 Å². The zero-order valence-corrected chi connectivity index (χ0v) is 19.8. The van der Waals surface area contributed by atoms with E-state index in [1.807, 2.05) is 6.07 Å². The minimum atomic E-state index is -0.957. The molecule has 6 atom stereocenters. The van der Waals surface area contributed by atoms with E-state index in [9.17, 15) is 9.90 Å². The first-order valence-electron chi connectivity index (χ1n) is 11.3. The van der Waals surface area contributed by atoms with E-state index in [2.05, 4.69) is 26.0 Å². The van der Waals surface area contributed by atoms with Crippen molar-refractivity contribution in [2.75, 3.05) is 6.61 Å². The number of unbranched alkanes of at least 4 members (excludes halogenated alkanes) is 2. The van der Waals surface area contributed by atoms with Crippen LogP contribution in [0.3, 0.4) is 0 Å². The minimum absolute atomic E-state index is 0.119. The quantitative estimate of drug-likeness (QED) is 0.340. The zero-order chi connectivity index (χ0) is 20.4. The molecule has 1 aliphatic heterocycles. The Morgan fingerprint density at radius 2 is 2.14 bits per heavy atom. The van der Waals surface area contributed by atoms with Crippen LogP contribution < -0.4 is 26.4 Å². The molecule has 4 nitrogen and oxygen atoms in total. The summed E-state index contributed by atoms with van der Waals surface area (Å²) in [6, 6.07) is 6.32. The maximum atomic E-state index is 12.4. The fourth-order valence-corrected chi connectivity index (χ4v) is 7.36. The second kappa shape index (κ2) is 9.65. The molecule has 1 heterocycles. The third-order valence-corrected chi connectivity index (χ3v) is 8.95. The summed E-state index contributed by atoms with van der Waals surface area (Å²) >= 11 is -0.957. The Labute approximate surface area is 185 Å². The van der Waals surface area contributed by atoms with Gasteiger partial charge in [0, 0.05) is 0 Å². The molecule has 1 saturated carbocycles. The second-order valence-corrected chi connectivity index (χ2v) is 11.4. The number of halogens is 1. The first-order valence-corrected chi connectivity index (χ1v) is 13.3. The van der Waals surface area contributed by atoms with E-state index in [0.29, 0.717) is 23.7 Å². The summed E-state index contributed by atoms with van der Waals surface area (Å²) < 4.78 is 12.3. The monoisotopic (exact) mass is 513 g/mol. The number of carbonyl (C=O) groups excluding carboxylic acids is 1. The van der Waals surface area contributed by atoms with Gasteiger partial charge in [0.2, 0.25) is 0 Å². The van der Waals surface area contributed by atoms with E-state index in [1.54, 1.807) is 0 Å². The van der Waals surface area contributed by atoms with E-state index in [1.165, 1.54) is 24.0 Å². The average molecular weight is 513 g/mol. The van der Waals surface area contributed by atoms with Crippen molar-refractivity contribution in [3.63, 3.8) is 0 Å². The van der Waals surface area contributed by atoms with Crippen LogP contribution in [0.25, 0.3) is 0 Å². The topological polar surface area (TPSA) is 55.8 Å². The van der Waals surface area contributed by atoms with Crippen LogP contribution in [0.15, 0.2) is 18.2 Å². The predicted octanol–water partition coefficient (Wildman–Crippen LogP) is 1.31. The van der Waals surface area contributed by atoms with Gasteiger partial charge in [-0.2, -0.15) is 0 Å². The molecule has 2 aliphatic carbocycles.